The van der Waals surface area contributed by atoms with E-state index in [0.717, 1.165) is 12.4 Å². The number of nitrogens with one attached hydrogen (secondary N) is 1. The van der Waals surface area contributed by atoms with Gasteiger partial charge in [-0.2, -0.15) is 0 Å². The highest BCUT2D eigenvalue weighted by Gasteiger charge is 2.10. The SMILES string of the molecule is NNc1ccc(CN2CCCCC2)cn1. The van der Waals surface area contributed by atoms with Gasteiger partial charge in [0.1, 0.15) is 5.82 Å². The number of hydrogen-bond acceptors (Lipinski definition) is 4. The van der Waals surface area contributed by atoms with Crippen LogP contribution in [-0.2, 0) is 6.54 Å². The monoisotopic (exact) mass is 206 g/mol. The molecule has 0 aliphatic carbocycles. The molecule has 0 aromatic carbocycles. The molecule has 1 aliphatic heterocycles. The zero-order chi connectivity index (χ0) is 10.5. The van der Waals surface area contributed by atoms with Gasteiger partial charge >= 0.3 is 0 Å². The molecule has 0 unspecified atom stereocenters. The summed E-state index contributed by atoms with van der Waals surface area (Å²) in [6.45, 7) is 3.45. The summed E-state index contributed by atoms with van der Waals surface area (Å²) < 4.78 is 0. The van der Waals surface area contributed by atoms with Crippen molar-refractivity contribution in [3.05, 3.63) is 23.9 Å². The number of nitrogens with two attached hydrogens (primary N) is 1. The minimum Gasteiger partial charge on any atom is -0.308 e. The van der Waals surface area contributed by atoms with Crippen LogP contribution in [0.25, 0.3) is 0 Å². The largest absolute Gasteiger partial charge is 0.308 e. The van der Waals surface area contributed by atoms with E-state index in [1.54, 1.807) is 0 Å². The van der Waals surface area contributed by atoms with E-state index in [1.807, 2.05) is 12.3 Å². The molecule has 3 N–H and O–H groups in total. The van der Waals surface area contributed by atoms with Crippen LogP contribution in [0.1, 0.15) is 24.8 Å². The quantitative estimate of drug-likeness (QED) is 0.579. The Hall–Kier alpha value is -1.13. The molecule has 0 amide bonds. The fourth-order valence-corrected chi connectivity index (χ4v) is 1.98. The third-order valence-electron chi connectivity index (χ3n) is 2.83. The van der Waals surface area contributed by atoms with Crippen molar-refractivity contribution >= 4 is 5.82 Å². The molecule has 1 fully saturated rings. The summed E-state index contributed by atoms with van der Waals surface area (Å²) in [5.74, 6) is 5.98. The second-order valence-corrected chi connectivity index (χ2v) is 4.03. The molecule has 15 heavy (non-hydrogen) atoms. The first-order valence-electron chi connectivity index (χ1n) is 5.52. The lowest BCUT2D eigenvalue weighted by atomic mass is 10.1. The zero-order valence-corrected chi connectivity index (χ0v) is 8.95. The first kappa shape index (κ1) is 10.4. The number of anilines is 1. The van der Waals surface area contributed by atoms with E-state index < -0.39 is 0 Å². The van der Waals surface area contributed by atoms with Crippen molar-refractivity contribution in [1.29, 1.82) is 0 Å². The van der Waals surface area contributed by atoms with Crippen molar-refractivity contribution < 1.29 is 0 Å². The van der Waals surface area contributed by atoms with Gasteiger partial charge in [0.15, 0.2) is 0 Å². The van der Waals surface area contributed by atoms with Crippen LogP contribution in [0.15, 0.2) is 18.3 Å². The van der Waals surface area contributed by atoms with Gasteiger partial charge in [-0.3, -0.25) is 4.90 Å². The standard InChI is InChI=1S/C11H18N4/c12-14-11-5-4-10(8-13-11)9-15-6-2-1-3-7-15/h4-5,8H,1-3,6-7,9,12H2,(H,13,14). The van der Waals surface area contributed by atoms with Gasteiger partial charge in [-0.25, -0.2) is 10.8 Å². The lowest BCUT2D eigenvalue weighted by molar-refractivity contribution is 0.220. The minimum atomic E-state index is 0.720. The Balaban J connectivity index is 1.91. The summed E-state index contributed by atoms with van der Waals surface area (Å²) in [4.78, 5) is 6.68. The van der Waals surface area contributed by atoms with Gasteiger partial charge in [-0.05, 0) is 37.6 Å². The minimum absolute atomic E-state index is 0.720. The molecule has 0 spiro atoms. The summed E-state index contributed by atoms with van der Waals surface area (Å²) in [6.07, 6.45) is 5.93. The third kappa shape index (κ3) is 2.91. The Morgan fingerprint density at radius 3 is 2.67 bits per heavy atom. The van der Waals surface area contributed by atoms with Crippen LogP contribution in [0.3, 0.4) is 0 Å². The Labute approximate surface area is 90.5 Å². The Morgan fingerprint density at radius 2 is 2.07 bits per heavy atom. The lowest BCUT2D eigenvalue weighted by Gasteiger charge is -2.26. The second-order valence-electron chi connectivity index (χ2n) is 4.03. The first-order chi connectivity index (χ1) is 7.38. The van der Waals surface area contributed by atoms with Gasteiger partial charge in [0.2, 0.25) is 0 Å². The van der Waals surface area contributed by atoms with Crippen LogP contribution in [0.5, 0.6) is 0 Å². The third-order valence-corrected chi connectivity index (χ3v) is 2.83. The van der Waals surface area contributed by atoms with Gasteiger partial charge in [-0.15, -0.1) is 0 Å². The summed E-state index contributed by atoms with van der Waals surface area (Å²) in [5, 5.41) is 0. The van der Waals surface area contributed by atoms with Gasteiger partial charge in [0.05, 0.1) is 0 Å². The number of pyridine rings is 1. The van der Waals surface area contributed by atoms with Crippen LogP contribution < -0.4 is 11.3 Å². The van der Waals surface area contributed by atoms with Crippen LogP contribution in [0.2, 0.25) is 0 Å². The molecule has 82 valence electrons. The van der Waals surface area contributed by atoms with Gasteiger partial charge < -0.3 is 5.43 Å². The van der Waals surface area contributed by atoms with E-state index in [2.05, 4.69) is 21.4 Å². The highest BCUT2D eigenvalue weighted by Crippen LogP contribution is 2.13. The first-order valence-corrected chi connectivity index (χ1v) is 5.52. The number of rotatable bonds is 3. The number of likely N-dealkylation sites (tertiary alicyclic amines) is 1. The summed E-state index contributed by atoms with van der Waals surface area (Å²) in [5.41, 5.74) is 3.79. The fourth-order valence-electron chi connectivity index (χ4n) is 1.98. The molecule has 0 radical (unpaired) electrons. The predicted octanol–water partition coefficient (Wildman–Crippen LogP) is 1.35. The molecular weight excluding hydrogens is 188 g/mol. The molecule has 1 aliphatic rings. The summed E-state index contributed by atoms with van der Waals surface area (Å²) >= 11 is 0. The molecule has 1 saturated heterocycles. The van der Waals surface area contributed by atoms with Crippen LogP contribution in [0.4, 0.5) is 5.82 Å². The van der Waals surface area contributed by atoms with E-state index in [1.165, 1.54) is 37.9 Å². The number of hydrazine groups is 1. The maximum absolute atomic E-state index is 5.26. The second kappa shape index (κ2) is 5.09. The number of piperidine rings is 1. The Bertz CT molecular complexity index is 290. The average molecular weight is 206 g/mol. The van der Waals surface area contributed by atoms with Crippen LogP contribution in [0, 0.1) is 0 Å². The Kier molecular flexibility index (Phi) is 3.53. The van der Waals surface area contributed by atoms with Gasteiger partial charge in [-0.1, -0.05) is 12.5 Å². The molecular formula is C11H18N4. The summed E-state index contributed by atoms with van der Waals surface area (Å²) in [7, 11) is 0. The van der Waals surface area contributed by atoms with Crippen molar-refractivity contribution in [3.8, 4) is 0 Å². The van der Waals surface area contributed by atoms with E-state index in [9.17, 15) is 0 Å². The molecule has 2 rings (SSSR count). The maximum Gasteiger partial charge on any atom is 0.139 e. The smallest absolute Gasteiger partial charge is 0.139 e. The van der Waals surface area contributed by atoms with Crippen molar-refractivity contribution in [2.75, 3.05) is 18.5 Å². The van der Waals surface area contributed by atoms with Crippen molar-refractivity contribution in [2.45, 2.75) is 25.8 Å². The zero-order valence-electron chi connectivity index (χ0n) is 8.95. The van der Waals surface area contributed by atoms with Crippen LogP contribution in [-0.4, -0.2) is 23.0 Å². The molecule has 0 saturated carbocycles. The highest BCUT2D eigenvalue weighted by molar-refractivity contribution is 5.33. The fraction of sp³-hybridized carbons (Fsp3) is 0.545. The number of nitrogens with zero attached hydrogens (tertiary/aromatic N) is 2. The lowest BCUT2D eigenvalue weighted by Crippen LogP contribution is -2.29. The molecule has 4 heteroatoms. The molecule has 1 aromatic heterocycles. The average Bonchev–Trinajstić information content (AvgIpc) is 2.31. The van der Waals surface area contributed by atoms with E-state index in [4.69, 9.17) is 5.84 Å². The van der Waals surface area contributed by atoms with Crippen molar-refractivity contribution in [3.63, 3.8) is 0 Å². The van der Waals surface area contributed by atoms with Crippen molar-refractivity contribution in [1.82, 2.24) is 9.88 Å². The molecule has 1 aromatic rings. The topological polar surface area (TPSA) is 54.2 Å². The molecule has 2 heterocycles. The summed E-state index contributed by atoms with van der Waals surface area (Å²) in [6, 6.07) is 4.00. The number of hydrogen-bond donors (Lipinski definition) is 2. The number of aromatic nitrogens is 1. The maximum atomic E-state index is 5.26. The van der Waals surface area contributed by atoms with Gasteiger partial charge in [0, 0.05) is 12.7 Å². The van der Waals surface area contributed by atoms with E-state index in [0.29, 0.717) is 0 Å². The number of nitrogen functional groups attached to an aromatic ring is 1. The highest BCUT2D eigenvalue weighted by atomic mass is 15.2. The molecule has 0 atom stereocenters. The van der Waals surface area contributed by atoms with Crippen molar-refractivity contribution in [2.24, 2.45) is 5.84 Å². The molecule has 0 bridgehead atoms. The van der Waals surface area contributed by atoms with Crippen LogP contribution >= 0.6 is 0 Å². The molecule has 4 nitrogen and oxygen atoms in total. The Morgan fingerprint density at radius 1 is 1.27 bits per heavy atom. The van der Waals surface area contributed by atoms with E-state index in [-0.39, 0.29) is 0 Å². The normalized spacial score (nSPS) is 17.7. The van der Waals surface area contributed by atoms with Gasteiger partial charge in [0.25, 0.3) is 0 Å². The van der Waals surface area contributed by atoms with E-state index >= 15 is 0 Å². The predicted molar refractivity (Wildman–Crippen MR) is 61.2 cm³/mol.